The summed E-state index contributed by atoms with van der Waals surface area (Å²) in [5, 5.41) is 0. The number of nitrogens with zero attached hydrogens (tertiary/aromatic N) is 4. The number of thioether (sulfide) groups is 1. The van der Waals surface area contributed by atoms with E-state index in [-0.39, 0.29) is 1.43 Å². The van der Waals surface area contributed by atoms with Crippen LogP contribution in [0.5, 0.6) is 0 Å². The Kier molecular flexibility index (Phi) is 3.57. The van der Waals surface area contributed by atoms with E-state index < -0.39 is 0 Å². The number of benzene rings is 1. The summed E-state index contributed by atoms with van der Waals surface area (Å²) in [5.74, 6) is 4.17. The molecular formula is C16H20N6S. The average molecular weight is 328 g/mol. The Bertz CT molecular complexity index is 859. The maximum absolute atomic E-state index is 6.05. The van der Waals surface area contributed by atoms with Gasteiger partial charge in [0.05, 0.1) is 17.2 Å². The first-order valence-corrected chi connectivity index (χ1v) is 8.78. The predicted octanol–water partition coefficient (Wildman–Crippen LogP) is 2.71. The lowest BCUT2D eigenvalue weighted by Gasteiger charge is -2.27. The fourth-order valence-electron chi connectivity index (χ4n) is 2.74. The largest absolute Gasteiger partial charge is 0.382 e. The molecule has 0 amide bonds. The molecule has 1 fully saturated rings. The van der Waals surface area contributed by atoms with Crippen LogP contribution >= 0.6 is 11.8 Å². The van der Waals surface area contributed by atoms with Crippen molar-refractivity contribution in [2.75, 3.05) is 35.2 Å². The van der Waals surface area contributed by atoms with Gasteiger partial charge in [-0.3, -0.25) is 0 Å². The zero-order chi connectivity index (χ0) is 15.8. The van der Waals surface area contributed by atoms with E-state index >= 15 is 0 Å². The van der Waals surface area contributed by atoms with Crippen molar-refractivity contribution < 1.29 is 1.43 Å². The molecule has 0 radical (unpaired) electrons. The van der Waals surface area contributed by atoms with Crippen LogP contribution in [0.15, 0.2) is 24.4 Å². The van der Waals surface area contributed by atoms with Crippen molar-refractivity contribution in [3.8, 4) is 11.5 Å². The molecule has 2 aromatic heterocycles. The summed E-state index contributed by atoms with van der Waals surface area (Å²) in [6.45, 7) is 4.03. The fraction of sp³-hybridized carbons (Fsp3) is 0.312. The van der Waals surface area contributed by atoms with Crippen molar-refractivity contribution in [3.63, 3.8) is 0 Å². The van der Waals surface area contributed by atoms with Gasteiger partial charge in [0.25, 0.3) is 0 Å². The summed E-state index contributed by atoms with van der Waals surface area (Å²) in [6.07, 6.45) is 1.75. The van der Waals surface area contributed by atoms with Crippen LogP contribution in [-0.2, 0) is 0 Å². The number of nitrogen functional groups attached to an aromatic ring is 1. The molecule has 0 bridgehead atoms. The summed E-state index contributed by atoms with van der Waals surface area (Å²) in [7, 11) is 0. The van der Waals surface area contributed by atoms with E-state index in [1.807, 2.05) is 23.9 Å². The Hall–Kier alpha value is -2.28. The topological polar surface area (TPSA) is 83.7 Å². The van der Waals surface area contributed by atoms with Crippen molar-refractivity contribution in [2.45, 2.75) is 6.92 Å². The van der Waals surface area contributed by atoms with E-state index in [2.05, 4.69) is 32.8 Å². The Labute approximate surface area is 140 Å². The lowest BCUT2D eigenvalue weighted by atomic mass is 10.2. The SMILES string of the molecule is Cc1ccc2nc(-c3nc(N4CCSCC4)cnc3N)[nH]c2c1.[HH]. The van der Waals surface area contributed by atoms with Crippen molar-refractivity contribution >= 4 is 34.4 Å². The van der Waals surface area contributed by atoms with Gasteiger partial charge in [-0.15, -0.1) is 0 Å². The van der Waals surface area contributed by atoms with Crippen LogP contribution in [0.1, 0.15) is 6.99 Å². The first-order valence-electron chi connectivity index (χ1n) is 7.63. The van der Waals surface area contributed by atoms with E-state index in [0.29, 0.717) is 17.3 Å². The predicted molar refractivity (Wildman–Crippen MR) is 97.9 cm³/mol. The number of nitrogens with two attached hydrogens (primary N) is 1. The number of fused-ring (bicyclic) bond motifs is 1. The summed E-state index contributed by atoms with van der Waals surface area (Å²) >= 11 is 1.97. The van der Waals surface area contributed by atoms with Crippen LogP contribution in [0.3, 0.4) is 0 Å². The molecule has 3 aromatic rings. The monoisotopic (exact) mass is 328 g/mol. The van der Waals surface area contributed by atoms with E-state index in [9.17, 15) is 0 Å². The normalized spacial score (nSPS) is 15.3. The standard InChI is InChI=1S/C16H18N6S.H2/c1-10-2-3-11-12(8-10)20-16(19-11)14-15(17)18-9-13(21-14)22-4-6-23-7-5-22;/h2-3,8-9H,4-7H2,1H3,(H2,17,18)(H,19,20);1H. The van der Waals surface area contributed by atoms with Gasteiger partial charge >= 0.3 is 0 Å². The molecule has 1 saturated heterocycles. The minimum absolute atomic E-state index is 0. The summed E-state index contributed by atoms with van der Waals surface area (Å²) < 4.78 is 0. The lowest BCUT2D eigenvalue weighted by molar-refractivity contribution is 0.835. The molecule has 3 heterocycles. The molecule has 120 valence electrons. The minimum Gasteiger partial charge on any atom is -0.382 e. The Morgan fingerprint density at radius 2 is 2.09 bits per heavy atom. The number of H-pyrrole nitrogens is 1. The summed E-state index contributed by atoms with van der Waals surface area (Å²) in [5.41, 5.74) is 9.75. The number of anilines is 2. The first kappa shape index (κ1) is 14.3. The lowest BCUT2D eigenvalue weighted by Crippen LogP contribution is -2.33. The highest BCUT2D eigenvalue weighted by Crippen LogP contribution is 2.26. The van der Waals surface area contributed by atoms with Gasteiger partial charge in [-0.25, -0.2) is 15.0 Å². The van der Waals surface area contributed by atoms with Gasteiger partial charge < -0.3 is 15.6 Å². The third-order valence-electron chi connectivity index (χ3n) is 3.98. The third-order valence-corrected chi connectivity index (χ3v) is 4.93. The fourth-order valence-corrected chi connectivity index (χ4v) is 3.65. The molecule has 1 aliphatic rings. The molecule has 3 N–H and O–H groups in total. The first-order chi connectivity index (χ1) is 11.2. The average Bonchev–Trinajstić information content (AvgIpc) is 2.99. The van der Waals surface area contributed by atoms with Gasteiger partial charge in [-0.1, -0.05) is 6.07 Å². The Morgan fingerprint density at radius 1 is 1.26 bits per heavy atom. The quantitative estimate of drug-likeness (QED) is 0.752. The molecule has 4 rings (SSSR count). The number of aryl methyl sites for hydroxylation is 1. The van der Waals surface area contributed by atoms with Crippen LogP contribution in [0.2, 0.25) is 0 Å². The molecule has 0 atom stereocenters. The number of aromatic nitrogens is 4. The molecule has 0 aliphatic carbocycles. The van der Waals surface area contributed by atoms with Crippen molar-refractivity contribution in [1.82, 2.24) is 19.9 Å². The minimum atomic E-state index is 0. The Morgan fingerprint density at radius 3 is 2.91 bits per heavy atom. The highest BCUT2D eigenvalue weighted by molar-refractivity contribution is 7.99. The number of nitrogens with one attached hydrogen (secondary N) is 1. The van der Waals surface area contributed by atoms with E-state index in [0.717, 1.165) is 41.4 Å². The van der Waals surface area contributed by atoms with Gasteiger partial charge in [0.2, 0.25) is 0 Å². The van der Waals surface area contributed by atoms with E-state index in [4.69, 9.17) is 10.7 Å². The number of rotatable bonds is 2. The second-order valence-electron chi connectivity index (χ2n) is 5.67. The second-order valence-corrected chi connectivity index (χ2v) is 6.89. The maximum atomic E-state index is 6.05. The van der Waals surface area contributed by atoms with Crippen LogP contribution in [-0.4, -0.2) is 44.5 Å². The van der Waals surface area contributed by atoms with Crippen LogP contribution in [0, 0.1) is 6.92 Å². The number of hydrogen-bond acceptors (Lipinski definition) is 6. The van der Waals surface area contributed by atoms with Crippen molar-refractivity contribution in [2.24, 2.45) is 0 Å². The molecule has 7 heteroatoms. The van der Waals surface area contributed by atoms with Crippen LogP contribution in [0.4, 0.5) is 11.6 Å². The van der Waals surface area contributed by atoms with Crippen LogP contribution in [0.25, 0.3) is 22.6 Å². The number of aromatic amines is 1. The van der Waals surface area contributed by atoms with Gasteiger partial charge in [-0.2, -0.15) is 11.8 Å². The van der Waals surface area contributed by atoms with Gasteiger partial charge in [0.15, 0.2) is 17.3 Å². The molecule has 0 spiro atoms. The summed E-state index contributed by atoms with van der Waals surface area (Å²) in [6, 6.07) is 6.12. The maximum Gasteiger partial charge on any atom is 0.161 e. The highest BCUT2D eigenvalue weighted by atomic mass is 32.2. The Balaban J connectivity index is 0.00000169. The van der Waals surface area contributed by atoms with E-state index in [1.54, 1.807) is 6.20 Å². The molecule has 23 heavy (non-hydrogen) atoms. The number of imidazole rings is 1. The van der Waals surface area contributed by atoms with E-state index in [1.165, 1.54) is 5.56 Å². The van der Waals surface area contributed by atoms with Gasteiger partial charge in [0.1, 0.15) is 5.82 Å². The zero-order valence-corrected chi connectivity index (χ0v) is 13.7. The third kappa shape index (κ3) is 2.72. The highest BCUT2D eigenvalue weighted by Gasteiger charge is 2.17. The van der Waals surface area contributed by atoms with Gasteiger partial charge in [-0.05, 0) is 24.6 Å². The second kappa shape index (κ2) is 5.73. The molecule has 1 aliphatic heterocycles. The zero-order valence-electron chi connectivity index (χ0n) is 12.9. The smallest absolute Gasteiger partial charge is 0.161 e. The van der Waals surface area contributed by atoms with Crippen molar-refractivity contribution in [3.05, 3.63) is 30.0 Å². The molecule has 0 saturated carbocycles. The number of hydrogen-bond donors (Lipinski definition) is 2. The summed E-state index contributed by atoms with van der Waals surface area (Å²) in [4.78, 5) is 19.2. The molecular weight excluding hydrogens is 308 g/mol. The molecule has 0 unspecified atom stereocenters. The van der Waals surface area contributed by atoms with Crippen LogP contribution < -0.4 is 10.6 Å². The molecule has 6 nitrogen and oxygen atoms in total. The molecule has 1 aromatic carbocycles. The van der Waals surface area contributed by atoms with Gasteiger partial charge in [0, 0.05) is 26.0 Å². The van der Waals surface area contributed by atoms with Crippen molar-refractivity contribution in [1.29, 1.82) is 0 Å².